The van der Waals surface area contributed by atoms with Gasteiger partial charge in [0.1, 0.15) is 5.82 Å². The molecule has 1 aromatic heterocycles. The summed E-state index contributed by atoms with van der Waals surface area (Å²) in [6.45, 7) is 0.654. The van der Waals surface area contributed by atoms with Crippen LogP contribution in [0.2, 0.25) is 0 Å². The Morgan fingerprint density at radius 2 is 2.00 bits per heavy atom. The maximum absolute atomic E-state index is 13.7. The Bertz CT molecular complexity index is 482. The highest BCUT2D eigenvalue weighted by molar-refractivity contribution is 7.10. The largest absolute Gasteiger partial charge is 0.329 e. The van der Waals surface area contributed by atoms with Gasteiger partial charge in [0.05, 0.1) is 0 Å². The Morgan fingerprint density at radius 1 is 1.18 bits per heavy atom. The Kier molecular flexibility index (Phi) is 3.89. The van der Waals surface area contributed by atoms with Gasteiger partial charge in [-0.25, -0.2) is 4.39 Å². The topological polar surface area (TPSA) is 52.0 Å². The summed E-state index contributed by atoms with van der Waals surface area (Å²) in [4.78, 5) is 1.15. The van der Waals surface area contributed by atoms with Crippen molar-refractivity contribution < 1.29 is 4.39 Å². The van der Waals surface area contributed by atoms with E-state index in [2.05, 4.69) is 0 Å². The van der Waals surface area contributed by atoms with Crippen LogP contribution in [-0.2, 0) is 6.54 Å². The molecular weight excluding hydrogens is 235 g/mol. The van der Waals surface area contributed by atoms with E-state index in [1.54, 1.807) is 17.4 Å². The molecule has 0 spiro atoms. The molecule has 0 bridgehead atoms. The van der Waals surface area contributed by atoms with Crippen molar-refractivity contribution in [2.45, 2.75) is 12.5 Å². The highest BCUT2D eigenvalue weighted by Crippen LogP contribution is 2.30. The SMILES string of the molecule is NCc1c(F)cccc1C(CN)c1cccs1. The molecule has 0 radical (unpaired) electrons. The summed E-state index contributed by atoms with van der Waals surface area (Å²) >= 11 is 1.63. The number of hydrogen-bond acceptors (Lipinski definition) is 3. The molecule has 17 heavy (non-hydrogen) atoms. The summed E-state index contributed by atoms with van der Waals surface area (Å²) < 4.78 is 13.7. The van der Waals surface area contributed by atoms with Crippen LogP contribution in [0.4, 0.5) is 4.39 Å². The van der Waals surface area contributed by atoms with Gasteiger partial charge in [0.2, 0.25) is 0 Å². The molecule has 1 unspecified atom stereocenters. The Hall–Kier alpha value is -1.23. The van der Waals surface area contributed by atoms with Gasteiger partial charge in [-0.3, -0.25) is 0 Å². The van der Waals surface area contributed by atoms with E-state index in [0.29, 0.717) is 12.1 Å². The van der Waals surface area contributed by atoms with Crippen LogP contribution in [-0.4, -0.2) is 6.54 Å². The second-order valence-electron chi connectivity index (χ2n) is 3.82. The van der Waals surface area contributed by atoms with E-state index in [4.69, 9.17) is 11.5 Å². The van der Waals surface area contributed by atoms with Crippen molar-refractivity contribution >= 4 is 11.3 Å². The molecule has 4 heteroatoms. The van der Waals surface area contributed by atoms with Gasteiger partial charge in [-0.1, -0.05) is 18.2 Å². The zero-order valence-corrected chi connectivity index (χ0v) is 10.2. The van der Waals surface area contributed by atoms with Crippen molar-refractivity contribution in [2.75, 3.05) is 6.54 Å². The van der Waals surface area contributed by atoms with Gasteiger partial charge in [-0.15, -0.1) is 11.3 Å². The molecular formula is C13H15FN2S. The molecule has 0 saturated carbocycles. The molecule has 0 fully saturated rings. The lowest BCUT2D eigenvalue weighted by molar-refractivity contribution is 0.604. The summed E-state index contributed by atoms with van der Waals surface area (Å²) in [6, 6.07) is 9.05. The average molecular weight is 250 g/mol. The van der Waals surface area contributed by atoms with Crippen molar-refractivity contribution in [1.29, 1.82) is 0 Å². The molecule has 0 aliphatic rings. The summed E-state index contributed by atoms with van der Waals surface area (Å²) in [7, 11) is 0. The van der Waals surface area contributed by atoms with Gasteiger partial charge in [-0.2, -0.15) is 0 Å². The molecule has 2 rings (SSSR count). The summed E-state index contributed by atoms with van der Waals surface area (Å²) in [5.74, 6) is -0.218. The minimum atomic E-state index is -0.250. The van der Waals surface area contributed by atoms with Crippen molar-refractivity contribution in [3.8, 4) is 0 Å². The van der Waals surface area contributed by atoms with Crippen LogP contribution in [0.5, 0.6) is 0 Å². The Balaban J connectivity index is 2.48. The van der Waals surface area contributed by atoms with Gasteiger partial charge in [0, 0.05) is 29.4 Å². The number of hydrogen-bond donors (Lipinski definition) is 2. The van der Waals surface area contributed by atoms with Crippen molar-refractivity contribution in [2.24, 2.45) is 11.5 Å². The zero-order valence-electron chi connectivity index (χ0n) is 9.40. The lowest BCUT2D eigenvalue weighted by Crippen LogP contribution is -2.16. The molecule has 0 amide bonds. The van der Waals surface area contributed by atoms with Crippen LogP contribution in [0.3, 0.4) is 0 Å². The highest BCUT2D eigenvalue weighted by atomic mass is 32.1. The molecule has 0 aliphatic carbocycles. The van der Waals surface area contributed by atoms with Gasteiger partial charge in [0.15, 0.2) is 0 Å². The molecule has 0 saturated heterocycles. The molecule has 1 atom stereocenters. The first-order valence-electron chi connectivity index (χ1n) is 5.48. The smallest absolute Gasteiger partial charge is 0.127 e. The maximum Gasteiger partial charge on any atom is 0.127 e. The minimum absolute atomic E-state index is 0.0317. The Labute approximate surface area is 104 Å². The lowest BCUT2D eigenvalue weighted by Gasteiger charge is -2.17. The van der Waals surface area contributed by atoms with Crippen LogP contribution >= 0.6 is 11.3 Å². The third-order valence-electron chi connectivity index (χ3n) is 2.86. The number of rotatable bonds is 4. The van der Waals surface area contributed by atoms with Gasteiger partial charge in [-0.05, 0) is 23.1 Å². The van der Waals surface area contributed by atoms with Crippen LogP contribution in [0.1, 0.15) is 21.9 Å². The zero-order chi connectivity index (χ0) is 12.3. The molecule has 1 heterocycles. The van der Waals surface area contributed by atoms with Crippen molar-refractivity contribution in [3.63, 3.8) is 0 Å². The maximum atomic E-state index is 13.7. The Morgan fingerprint density at radius 3 is 2.59 bits per heavy atom. The van der Waals surface area contributed by atoms with Crippen LogP contribution in [0.25, 0.3) is 0 Å². The fraction of sp³-hybridized carbons (Fsp3) is 0.231. The molecule has 0 aliphatic heterocycles. The highest BCUT2D eigenvalue weighted by Gasteiger charge is 2.18. The summed E-state index contributed by atoms with van der Waals surface area (Å²) in [6.07, 6.45) is 0. The van der Waals surface area contributed by atoms with E-state index in [0.717, 1.165) is 10.4 Å². The van der Waals surface area contributed by atoms with Crippen molar-refractivity contribution in [3.05, 3.63) is 57.5 Å². The fourth-order valence-corrected chi connectivity index (χ4v) is 2.86. The third kappa shape index (κ3) is 2.39. The molecule has 2 nitrogen and oxygen atoms in total. The average Bonchev–Trinajstić information content (AvgIpc) is 2.84. The number of nitrogens with two attached hydrogens (primary N) is 2. The summed E-state index contributed by atoms with van der Waals surface area (Å²) in [5.41, 5.74) is 12.9. The van der Waals surface area contributed by atoms with E-state index >= 15 is 0 Å². The molecule has 2 aromatic rings. The first-order valence-corrected chi connectivity index (χ1v) is 6.36. The summed E-state index contributed by atoms with van der Waals surface area (Å²) in [5, 5.41) is 2.00. The van der Waals surface area contributed by atoms with E-state index in [1.807, 2.05) is 23.6 Å². The second kappa shape index (κ2) is 5.40. The third-order valence-corrected chi connectivity index (χ3v) is 3.84. The molecule has 4 N–H and O–H groups in total. The van der Waals surface area contributed by atoms with Crippen LogP contribution < -0.4 is 11.5 Å². The lowest BCUT2D eigenvalue weighted by atomic mass is 9.92. The normalized spacial score (nSPS) is 12.6. The van der Waals surface area contributed by atoms with Gasteiger partial charge in [0.25, 0.3) is 0 Å². The predicted molar refractivity (Wildman–Crippen MR) is 69.5 cm³/mol. The van der Waals surface area contributed by atoms with E-state index in [1.165, 1.54) is 6.07 Å². The van der Waals surface area contributed by atoms with E-state index < -0.39 is 0 Å². The van der Waals surface area contributed by atoms with Crippen molar-refractivity contribution in [1.82, 2.24) is 0 Å². The first-order chi connectivity index (χ1) is 8.27. The quantitative estimate of drug-likeness (QED) is 0.875. The number of thiophene rings is 1. The monoisotopic (exact) mass is 250 g/mol. The minimum Gasteiger partial charge on any atom is -0.329 e. The van der Waals surface area contributed by atoms with Gasteiger partial charge < -0.3 is 11.5 Å². The first kappa shape index (κ1) is 12.2. The van der Waals surface area contributed by atoms with E-state index in [-0.39, 0.29) is 18.3 Å². The van der Waals surface area contributed by atoms with Gasteiger partial charge >= 0.3 is 0 Å². The second-order valence-corrected chi connectivity index (χ2v) is 4.79. The fourth-order valence-electron chi connectivity index (χ4n) is 2.00. The predicted octanol–water partition coefficient (Wildman–Crippen LogP) is 2.44. The number of halogens is 1. The van der Waals surface area contributed by atoms with E-state index in [9.17, 15) is 4.39 Å². The van der Waals surface area contributed by atoms with Crippen LogP contribution in [0.15, 0.2) is 35.7 Å². The molecule has 90 valence electrons. The standard InChI is InChI=1S/C13H15FN2S/c14-12-4-1-3-9(10(12)7-15)11(8-16)13-5-2-6-17-13/h1-6,11H,7-8,15-16H2. The van der Waals surface area contributed by atoms with Crippen LogP contribution in [0, 0.1) is 5.82 Å². The number of benzene rings is 1. The molecule has 1 aromatic carbocycles.